The van der Waals surface area contributed by atoms with Crippen molar-refractivity contribution in [1.29, 1.82) is 0 Å². The van der Waals surface area contributed by atoms with Crippen molar-refractivity contribution in [3.63, 3.8) is 0 Å². The van der Waals surface area contributed by atoms with Crippen LogP contribution in [0.25, 0.3) is 6.08 Å². The summed E-state index contributed by atoms with van der Waals surface area (Å²) in [6.45, 7) is -0.0108. The van der Waals surface area contributed by atoms with E-state index in [2.05, 4.69) is 15.9 Å². The lowest BCUT2D eigenvalue weighted by molar-refractivity contribution is -0.123. The molecule has 0 atom stereocenters. The zero-order chi connectivity index (χ0) is 19.7. The predicted octanol–water partition coefficient (Wildman–Crippen LogP) is 5.71. The number of thioether (sulfide) groups is 1. The molecule has 9 heteroatoms. The lowest BCUT2D eigenvalue weighted by atomic mass is 10.1. The van der Waals surface area contributed by atoms with Gasteiger partial charge >= 0.3 is 0 Å². The van der Waals surface area contributed by atoms with Crippen molar-refractivity contribution < 1.29 is 19.4 Å². The Morgan fingerprint density at radius 3 is 2.56 bits per heavy atom. The van der Waals surface area contributed by atoms with Crippen LogP contribution in [0.3, 0.4) is 0 Å². The average Bonchev–Trinajstić information content (AvgIpc) is 2.88. The highest BCUT2D eigenvalue weighted by atomic mass is 79.9. The van der Waals surface area contributed by atoms with Crippen molar-refractivity contribution >= 4 is 68.1 Å². The summed E-state index contributed by atoms with van der Waals surface area (Å²) in [4.78, 5) is 26.4. The van der Waals surface area contributed by atoms with E-state index in [0.717, 1.165) is 16.7 Å². The Labute approximate surface area is 178 Å². The van der Waals surface area contributed by atoms with Crippen LogP contribution in [0.1, 0.15) is 11.1 Å². The number of amides is 2. The number of halogens is 3. The number of imide groups is 1. The van der Waals surface area contributed by atoms with Crippen LogP contribution >= 0.6 is 50.9 Å². The van der Waals surface area contributed by atoms with E-state index in [-0.39, 0.29) is 22.9 Å². The van der Waals surface area contributed by atoms with Gasteiger partial charge in [0.2, 0.25) is 0 Å². The van der Waals surface area contributed by atoms with Gasteiger partial charge in [-0.15, -0.1) is 0 Å². The summed E-state index contributed by atoms with van der Waals surface area (Å²) >= 11 is 16.3. The van der Waals surface area contributed by atoms with Crippen LogP contribution in [-0.2, 0) is 11.3 Å². The lowest BCUT2D eigenvalue weighted by Gasteiger charge is -2.14. The predicted molar refractivity (Wildman–Crippen MR) is 110 cm³/mol. The Morgan fingerprint density at radius 2 is 1.93 bits per heavy atom. The van der Waals surface area contributed by atoms with Crippen LogP contribution in [-0.4, -0.2) is 28.3 Å². The highest BCUT2D eigenvalue weighted by Gasteiger charge is 2.35. The fraction of sp³-hybridized carbons (Fsp3) is 0.111. The third-order valence-corrected chi connectivity index (χ3v) is 6.04. The second-order valence-corrected chi connectivity index (χ2v) is 8.18. The van der Waals surface area contributed by atoms with Gasteiger partial charge < -0.3 is 9.84 Å². The number of carbonyl (C=O) groups is 2. The fourth-order valence-electron chi connectivity index (χ4n) is 2.46. The molecular formula is C18H12BrCl2NO4S. The molecular weight excluding hydrogens is 477 g/mol. The van der Waals surface area contributed by atoms with E-state index in [9.17, 15) is 14.7 Å². The summed E-state index contributed by atoms with van der Waals surface area (Å²) in [5.74, 6) is -0.238. The minimum Gasteiger partial charge on any atom is -0.503 e. The molecule has 0 unspecified atom stereocenters. The number of nitrogens with zero attached hydrogens (tertiary/aromatic N) is 1. The van der Waals surface area contributed by atoms with E-state index in [0.29, 0.717) is 25.6 Å². The molecule has 0 aromatic heterocycles. The highest BCUT2D eigenvalue weighted by molar-refractivity contribution is 9.10. The van der Waals surface area contributed by atoms with Crippen LogP contribution in [0.15, 0.2) is 39.7 Å². The third kappa shape index (κ3) is 4.11. The van der Waals surface area contributed by atoms with Crippen molar-refractivity contribution in [3.8, 4) is 11.5 Å². The molecule has 1 heterocycles. The van der Waals surface area contributed by atoms with Crippen molar-refractivity contribution in [2.75, 3.05) is 7.11 Å². The quantitative estimate of drug-likeness (QED) is 0.558. The monoisotopic (exact) mass is 487 g/mol. The van der Waals surface area contributed by atoms with Crippen LogP contribution in [0.5, 0.6) is 11.5 Å². The summed E-state index contributed by atoms with van der Waals surface area (Å²) in [5, 5.41) is 10.2. The third-order valence-electron chi connectivity index (χ3n) is 3.82. The van der Waals surface area contributed by atoms with Crippen molar-refractivity contribution in [1.82, 2.24) is 4.90 Å². The van der Waals surface area contributed by atoms with Gasteiger partial charge in [-0.05, 0) is 63.6 Å². The van der Waals surface area contributed by atoms with E-state index in [1.54, 1.807) is 36.4 Å². The van der Waals surface area contributed by atoms with Gasteiger partial charge in [-0.3, -0.25) is 14.5 Å². The molecule has 0 bridgehead atoms. The Balaban J connectivity index is 1.90. The molecule has 140 valence electrons. The molecule has 27 heavy (non-hydrogen) atoms. The Morgan fingerprint density at radius 1 is 1.26 bits per heavy atom. The standard InChI is InChI=1S/C18H12BrCl2NO4S/c1-26-14-6-9(5-11(19)16(14)23)7-15-17(24)22(18(25)27-15)8-10-12(20)3-2-4-13(10)21/h2-7,23H,8H2,1H3/b15-7+. The number of rotatable bonds is 4. The largest absolute Gasteiger partial charge is 0.503 e. The van der Waals surface area contributed by atoms with Crippen LogP contribution in [0, 0.1) is 0 Å². The van der Waals surface area contributed by atoms with Crippen molar-refractivity contribution in [2.24, 2.45) is 0 Å². The first-order valence-electron chi connectivity index (χ1n) is 7.56. The molecule has 0 aliphatic carbocycles. The topological polar surface area (TPSA) is 66.8 Å². The number of aromatic hydroxyl groups is 1. The van der Waals surface area contributed by atoms with Gasteiger partial charge in [0.15, 0.2) is 11.5 Å². The Kier molecular flexibility index (Phi) is 6.05. The average molecular weight is 489 g/mol. The number of phenolic OH excluding ortho intramolecular Hbond substituents is 1. The fourth-order valence-corrected chi connectivity index (χ4v) is 4.28. The first-order valence-corrected chi connectivity index (χ1v) is 9.93. The molecule has 0 saturated carbocycles. The van der Waals surface area contributed by atoms with Gasteiger partial charge in [-0.25, -0.2) is 0 Å². The number of carbonyl (C=O) groups excluding carboxylic acids is 2. The second kappa shape index (κ2) is 8.14. The number of methoxy groups -OCH3 is 1. The molecule has 2 aromatic rings. The summed E-state index contributed by atoms with van der Waals surface area (Å²) in [6.07, 6.45) is 1.56. The molecule has 1 saturated heterocycles. The summed E-state index contributed by atoms with van der Waals surface area (Å²) in [7, 11) is 1.42. The lowest BCUT2D eigenvalue weighted by Crippen LogP contribution is -2.27. The molecule has 1 fully saturated rings. The minimum absolute atomic E-state index is 0.0108. The van der Waals surface area contributed by atoms with Crippen molar-refractivity contribution in [2.45, 2.75) is 6.54 Å². The molecule has 1 N–H and O–H groups in total. The van der Waals surface area contributed by atoms with E-state index < -0.39 is 11.1 Å². The van der Waals surface area contributed by atoms with E-state index in [1.807, 2.05) is 0 Å². The molecule has 5 nitrogen and oxygen atoms in total. The molecule has 3 rings (SSSR count). The Bertz CT molecular complexity index is 960. The minimum atomic E-state index is -0.441. The maximum Gasteiger partial charge on any atom is 0.293 e. The number of phenols is 1. The van der Waals surface area contributed by atoms with Crippen LogP contribution in [0.4, 0.5) is 4.79 Å². The van der Waals surface area contributed by atoms with E-state index >= 15 is 0 Å². The van der Waals surface area contributed by atoms with Gasteiger partial charge in [-0.2, -0.15) is 0 Å². The van der Waals surface area contributed by atoms with Gasteiger partial charge in [0.05, 0.1) is 23.0 Å². The number of hydrogen-bond donors (Lipinski definition) is 1. The molecule has 2 aromatic carbocycles. The smallest absolute Gasteiger partial charge is 0.293 e. The number of ether oxygens (including phenoxy) is 1. The van der Waals surface area contributed by atoms with Gasteiger partial charge in [0.1, 0.15) is 0 Å². The SMILES string of the molecule is COc1cc(/C=C2/SC(=O)N(Cc3c(Cl)cccc3Cl)C2=O)cc(Br)c1O. The van der Waals surface area contributed by atoms with Gasteiger partial charge in [0.25, 0.3) is 11.1 Å². The van der Waals surface area contributed by atoms with Crippen LogP contribution in [0.2, 0.25) is 10.0 Å². The molecule has 1 aliphatic rings. The van der Waals surface area contributed by atoms with Gasteiger partial charge in [-0.1, -0.05) is 29.3 Å². The zero-order valence-corrected chi connectivity index (χ0v) is 17.7. The second-order valence-electron chi connectivity index (χ2n) is 5.52. The highest BCUT2D eigenvalue weighted by Crippen LogP contribution is 2.39. The summed E-state index contributed by atoms with van der Waals surface area (Å²) < 4.78 is 5.51. The van der Waals surface area contributed by atoms with E-state index in [4.69, 9.17) is 27.9 Å². The molecule has 0 spiro atoms. The molecule has 0 radical (unpaired) electrons. The van der Waals surface area contributed by atoms with E-state index in [1.165, 1.54) is 7.11 Å². The number of hydrogen-bond acceptors (Lipinski definition) is 5. The summed E-state index contributed by atoms with van der Waals surface area (Å²) in [6, 6.07) is 8.18. The first-order chi connectivity index (χ1) is 12.8. The maximum absolute atomic E-state index is 12.7. The van der Waals surface area contributed by atoms with Crippen LogP contribution < -0.4 is 4.74 Å². The number of benzene rings is 2. The molecule has 2 amide bonds. The summed E-state index contributed by atoms with van der Waals surface area (Å²) in [5.41, 5.74) is 1.11. The van der Waals surface area contributed by atoms with Crippen molar-refractivity contribution in [3.05, 3.63) is 60.9 Å². The normalized spacial score (nSPS) is 15.7. The Hall–Kier alpha value is -1.67. The first kappa shape index (κ1) is 20.1. The maximum atomic E-state index is 12.7. The van der Waals surface area contributed by atoms with Gasteiger partial charge in [0, 0.05) is 15.6 Å². The zero-order valence-electron chi connectivity index (χ0n) is 13.8. The molecule has 1 aliphatic heterocycles.